The Hall–Kier alpha value is -0.120. The molecule has 1 spiro atoms. The molecule has 0 bridgehead atoms. The summed E-state index contributed by atoms with van der Waals surface area (Å²) in [5.41, 5.74) is 0. The third kappa shape index (κ3) is 1.55. The summed E-state index contributed by atoms with van der Waals surface area (Å²) in [6.07, 6.45) is 3.29. The summed E-state index contributed by atoms with van der Waals surface area (Å²) in [7, 11) is 0. The summed E-state index contributed by atoms with van der Waals surface area (Å²) in [5.74, 6) is -0.253. The summed E-state index contributed by atoms with van der Waals surface area (Å²) < 4.78 is 11.3. The Kier molecular flexibility index (Phi) is 2.11. The number of nitrogens with one attached hydrogen (secondary N) is 1. The largest absolute Gasteiger partial charge is 0.349 e. The molecule has 0 unspecified atom stereocenters. The molecule has 2 heterocycles. The minimum absolute atomic E-state index is 0.253. The van der Waals surface area contributed by atoms with Crippen molar-refractivity contribution < 1.29 is 9.47 Å². The summed E-state index contributed by atoms with van der Waals surface area (Å²) >= 11 is 0. The van der Waals surface area contributed by atoms with Gasteiger partial charge in [-0.1, -0.05) is 0 Å². The van der Waals surface area contributed by atoms with Gasteiger partial charge in [0.15, 0.2) is 5.79 Å². The standard InChI is InChI=1S/C8H15NO2/c1-2-6-11-8(10-5-1)3-4-9-7-8/h9H,1-7H2. The van der Waals surface area contributed by atoms with Crippen LogP contribution >= 0.6 is 0 Å². The lowest BCUT2D eigenvalue weighted by Crippen LogP contribution is -2.37. The molecule has 0 aliphatic carbocycles. The van der Waals surface area contributed by atoms with Crippen LogP contribution in [-0.4, -0.2) is 32.1 Å². The molecule has 0 aromatic heterocycles. The first-order valence-electron chi connectivity index (χ1n) is 4.40. The Balaban J connectivity index is 1.97. The Morgan fingerprint density at radius 1 is 1.09 bits per heavy atom. The molecule has 0 radical (unpaired) electrons. The second-order valence-electron chi connectivity index (χ2n) is 3.24. The van der Waals surface area contributed by atoms with Crippen LogP contribution in [0.3, 0.4) is 0 Å². The molecule has 64 valence electrons. The van der Waals surface area contributed by atoms with Crippen molar-refractivity contribution >= 4 is 0 Å². The average Bonchev–Trinajstić information content (AvgIpc) is 2.32. The zero-order valence-corrected chi connectivity index (χ0v) is 6.77. The summed E-state index contributed by atoms with van der Waals surface area (Å²) in [6.45, 7) is 3.62. The molecule has 0 amide bonds. The van der Waals surface area contributed by atoms with Gasteiger partial charge in [-0.2, -0.15) is 0 Å². The molecule has 0 atom stereocenters. The van der Waals surface area contributed by atoms with Crippen molar-refractivity contribution in [3.05, 3.63) is 0 Å². The topological polar surface area (TPSA) is 30.5 Å². The first-order valence-corrected chi connectivity index (χ1v) is 4.40. The van der Waals surface area contributed by atoms with Crippen molar-refractivity contribution in [3.8, 4) is 0 Å². The molecular formula is C8H15NO2. The number of rotatable bonds is 0. The van der Waals surface area contributed by atoms with Crippen molar-refractivity contribution in [1.82, 2.24) is 5.32 Å². The molecular weight excluding hydrogens is 142 g/mol. The van der Waals surface area contributed by atoms with Gasteiger partial charge in [0.25, 0.3) is 0 Å². The highest BCUT2D eigenvalue weighted by molar-refractivity contribution is 4.82. The third-order valence-electron chi connectivity index (χ3n) is 2.35. The van der Waals surface area contributed by atoms with Crippen LogP contribution < -0.4 is 5.32 Å². The van der Waals surface area contributed by atoms with Gasteiger partial charge in [0.05, 0.1) is 13.2 Å². The maximum Gasteiger partial charge on any atom is 0.181 e. The van der Waals surface area contributed by atoms with Crippen LogP contribution in [0.4, 0.5) is 0 Å². The minimum Gasteiger partial charge on any atom is -0.349 e. The molecule has 2 aliphatic rings. The van der Waals surface area contributed by atoms with E-state index in [0.29, 0.717) is 0 Å². The molecule has 2 fully saturated rings. The van der Waals surface area contributed by atoms with Crippen LogP contribution in [0.15, 0.2) is 0 Å². The van der Waals surface area contributed by atoms with Crippen LogP contribution in [0, 0.1) is 0 Å². The Morgan fingerprint density at radius 2 is 1.82 bits per heavy atom. The monoisotopic (exact) mass is 157 g/mol. The van der Waals surface area contributed by atoms with E-state index in [9.17, 15) is 0 Å². The van der Waals surface area contributed by atoms with Gasteiger partial charge in [0.2, 0.25) is 0 Å². The van der Waals surface area contributed by atoms with Crippen molar-refractivity contribution in [1.29, 1.82) is 0 Å². The second kappa shape index (κ2) is 3.09. The highest BCUT2D eigenvalue weighted by Gasteiger charge is 2.36. The van der Waals surface area contributed by atoms with Gasteiger partial charge >= 0.3 is 0 Å². The predicted molar refractivity (Wildman–Crippen MR) is 41.4 cm³/mol. The summed E-state index contributed by atoms with van der Waals surface area (Å²) in [6, 6.07) is 0. The average molecular weight is 157 g/mol. The number of ether oxygens (including phenoxy) is 2. The molecule has 3 heteroatoms. The van der Waals surface area contributed by atoms with Gasteiger partial charge in [-0.3, -0.25) is 0 Å². The lowest BCUT2D eigenvalue weighted by atomic mass is 10.2. The van der Waals surface area contributed by atoms with Gasteiger partial charge in [0, 0.05) is 19.5 Å². The normalized spacial score (nSPS) is 30.5. The predicted octanol–water partition coefficient (Wildman–Crippen LogP) is 0.503. The van der Waals surface area contributed by atoms with E-state index in [4.69, 9.17) is 9.47 Å². The number of hydrogen-bond donors (Lipinski definition) is 1. The smallest absolute Gasteiger partial charge is 0.181 e. The molecule has 2 aliphatic heterocycles. The van der Waals surface area contributed by atoms with Crippen LogP contribution in [0.25, 0.3) is 0 Å². The van der Waals surface area contributed by atoms with E-state index in [1.165, 1.54) is 0 Å². The number of hydrogen-bond acceptors (Lipinski definition) is 3. The maximum absolute atomic E-state index is 5.67. The molecule has 1 N–H and O–H groups in total. The van der Waals surface area contributed by atoms with Crippen LogP contribution in [0.1, 0.15) is 19.3 Å². The van der Waals surface area contributed by atoms with E-state index in [1.807, 2.05) is 0 Å². The highest BCUT2D eigenvalue weighted by Crippen LogP contribution is 2.24. The van der Waals surface area contributed by atoms with E-state index in [0.717, 1.165) is 45.6 Å². The second-order valence-corrected chi connectivity index (χ2v) is 3.24. The van der Waals surface area contributed by atoms with E-state index >= 15 is 0 Å². The fourth-order valence-electron chi connectivity index (χ4n) is 1.65. The molecule has 0 aromatic carbocycles. The first-order chi connectivity index (χ1) is 5.41. The summed E-state index contributed by atoms with van der Waals surface area (Å²) in [4.78, 5) is 0. The fraction of sp³-hybridized carbons (Fsp3) is 1.00. The Morgan fingerprint density at radius 3 is 2.36 bits per heavy atom. The van der Waals surface area contributed by atoms with Gasteiger partial charge < -0.3 is 14.8 Å². The van der Waals surface area contributed by atoms with Crippen LogP contribution in [0.5, 0.6) is 0 Å². The zero-order valence-electron chi connectivity index (χ0n) is 6.77. The molecule has 3 nitrogen and oxygen atoms in total. The van der Waals surface area contributed by atoms with Gasteiger partial charge in [-0.15, -0.1) is 0 Å². The molecule has 0 aromatic rings. The van der Waals surface area contributed by atoms with Crippen LogP contribution in [0.2, 0.25) is 0 Å². The molecule has 2 rings (SSSR count). The van der Waals surface area contributed by atoms with Crippen molar-refractivity contribution in [2.75, 3.05) is 26.3 Å². The van der Waals surface area contributed by atoms with Gasteiger partial charge in [-0.05, 0) is 12.8 Å². The van der Waals surface area contributed by atoms with E-state index in [2.05, 4.69) is 5.32 Å². The lowest BCUT2D eigenvalue weighted by Gasteiger charge is -2.26. The van der Waals surface area contributed by atoms with Crippen molar-refractivity contribution in [3.63, 3.8) is 0 Å². The van der Waals surface area contributed by atoms with Gasteiger partial charge in [0.1, 0.15) is 0 Å². The third-order valence-corrected chi connectivity index (χ3v) is 2.35. The molecule has 2 saturated heterocycles. The van der Waals surface area contributed by atoms with E-state index < -0.39 is 0 Å². The SMILES string of the molecule is C1CCOC2(CCNC2)OC1. The molecule has 11 heavy (non-hydrogen) atoms. The Labute approximate surface area is 67.1 Å². The van der Waals surface area contributed by atoms with Crippen molar-refractivity contribution in [2.24, 2.45) is 0 Å². The Bertz CT molecular complexity index is 122. The zero-order chi connectivity index (χ0) is 7.57. The summed E-state index contributed by atoms with van der Waals surface area (Å²) in [5, 5.41) is 3.26. The lowest BCUT2D eigenvalue weighted by molar-refractivity contribution is -0.210. The van der Waals surface area contributed by atoms with Gasteiger partial charge in [-0.25, -0.2) is 0 Å². The quantitative estimate of drug-likeness (QED) is 0.555. The van der Waals surface area contributed by atoms with E-state index in [-0.39, 0.29) is 5.79 Å². The highest BCUT2D eigenvalue weighted by atomic mass is 16.7. The van der Waals surface area contributed by atoms with Crippen molar-refractivity contribution in [2.45, 2.75) is 25.0 Å². The van der Waals surface area contributed by atoms with E-state index in [1.54, 1.807) is 0 Å². The molecule has 0 saturated carbocycles. The fourth-order valence-corrected chi connectivity index (χ4v) is 1.65. The van der Waals surface area contributed by atoms with Crippen LogP contribution in [-0.2, 0) is 9.47 Å². The maximum atomic E-state index is 5.67. The first kappa shape index (κ1) is 7.53. The minimum atomic E-state index is -0.253.